The van der Waals surface area contributed by atoms with Crippen LogP contribution < -0.4 is 4.74 Å². The van der Waals surface area contributed by atoms with Crippen LogP contribution in [0.3, 0.4) is 0 Å². The number of aromatic nitrogens is 1. The van der Waals surface area contributed by atoms with Gasteiger partial charge in [0.2, 0.25) is 0 Å². The molecule has 0 fully saturated rings. The number of carbonyl (C=O) groups is 1. The molecule has 1 atom stereocenters. The number of carboxylic acids is 1. The molecule has 0 saturated heterocycles. The number of nitro groups is 1. The summed E-state index contributed by atoms with van der Waals surface area (Å²) in [5.41, 5.74) is -0.626. The zero-order valence-corrected chi connectivity index (χ0v) is 10.3. The average molecular weight is 254 g/mol. The maximum atomic E-state index is 10.8. The normalized spacial score (nSPS) is 12.2. The summed E-state index contributed by atoms with van der Waals surface area (Å²) in [5, 5.41) is 19.6. The van der Waals surface area contributed by atoms with Crippen molar-refractivity contribution >= 4 is 11.7 Å². The third-order valence-electron chi connectivity index (χ3n) is 2.49. The van der Waals surface area contributed by atoms with Crippen LogP contribution in [-0.4, -0.2) is 27.1 Å². The van der Waals surface area contributed by atoms with Gasteiger partial charge in [-0.15, -0.1) is 0 Å². The third kappa shape index (κ3) is 3.16. The minimum atomic E-state index is -1.26. The minimum Gasteiger partial charge on any atom is -0.477 e. The summed E-state index contributed by atoms with van der Waals surface area (Å²) in [6, 6.07) is 2.16. The highest BCUT2D eigenvalue weighted by atomic mass is 16.6. The third-order valence-corrected chi connectivity index (χ3v) is 2.49. The van der Waals surface area contributed by atoms with Crippen molar-refractivity contribution in [3.8, 4) is 5.88 Å². The number of pyridine rings is 1. The second-order valence-corrected chi connectivity index (χ2v) is 4.15. The summed E-state index contributed by atoms with van der Waals surface area (Å²) in [7, 11) is 0. The van der Waals surface area contributed by atoms with E-state index in [1.54, 1.807) is 6.92 Å². The van der Waals surface area contributed by atoms with Gasteiger partial charge in [0, 0.05) is 6.07 Å². The van der Waals surface area contributed by atoms with Crippen LogP contribution in [0.5, 0.6) is 5.88 Å². The molecule has 1 aromatic heterocycles. The fraction of sp³-hybridized carbons (Fsp3) is 0.455. The molecule has 0 amide bonds. The quantitative estimate of drug-likeness (QED) is 0.637. The minimum absolute atomic E-state index is 0.125. The van der Waals surface area contributed by atoms with Crippen molar-refractivity contribution in [3.63, 3.8) is 0 Å². The molecule has 1 unspecified atom stereocenters. The first-order chi connectivity index (χ1) is 8.32. The van der Waals surface area contributed by atoms with Gasteiger partial charge in [0.15, 0.2) is 5.69 Å². The lowest BCUT2D eigenvalue weighted by Gasteiger charge is -2.17. The molecule has 98 valence electrons. The second-order valence-electron chi connectivity index (χ2n) is 4.15. The van der Waals surface area contributed by atoms with E-state index in [1.807, 2.05) is 13.8 Å². The van der Waals surface area contributed by atoms with Gasteiger partial charge >= 0.3 is 11.7 Å². The molecule has 7 heteroatoms. The number of rotatable bonds is 5. The van der Waals surface area contributed by atoms with Crippen LogP contribution in [0.15, 0.2) is 12.1 Å². The van der Waals surface area contributed by atoms with E-state index in [0.717, 1.165) is 12.1 Å². The molecule has 0 spiro atoms. The van der Waals surface area contributed by atoms with Crippen LogP contribution in [0.4, 0.5) is 5.69 Å². The van der Waals surface area contributed by atoms with Gasteiger partial charge in [0.25, 0.3) is 5.88 Å². The molecule has 1 aromatic rings. The highest BCUT2D eigenvalue weighted by Gasteiger charge is 2.22. The first-order valence-electron chi connectivity index (χ1n) is 5.38. The summed E-state index contributed by atoms with van der Waals surface area (Å²) < 4.78 is 5.34. The van der Waals surface area contributed by atoms with E-state index in [0.29, 0.717) is 0 Å². The molecule has 7 nitrogen and oxygen atoms in total. The maximum Gasteiger partial charge on any atom is 0.354 e. The van der Waals surface area contributed by atoms with Crippen LogP contribution in [0.25, 0.3) is 0 Å². The van der Waals surface area contributed by atoms with Crippen molar-refractivity contribution in [3.05, 3.63) is 27.9 Å². The molecule has 0 bridgehead atoms. The lowest BCUT2D eigenvalue weighted by molar-refractivity contribution is -0.386. The Bertz CT molecular complexity index is 473. The first kappa shape index (κ1) is 13.9. The van der Waals surface area contributed by atoms with Gasteiger partial charge in [0.05, 0.1) is 4.92 Å². The second kappa shape index (κ2) is 5.44. The van der Waals surface area contributed by atoms with Gasteiger partial charge in [-0.3, -0.25) is 10.1 Å². The molecule has 0 aromatic carbocycles. The van der Waals surface area contributed by atoms with Crippen LogP contribution in [0.1, 0.15) is 31.3 Å². The van der Waals surface area contributed by atoms with Crippen LogP contribution in [-0.2, 0) is 0 Å². The van der Waals surface area contributed by atoms with E-state index in [2.05, 4.69) is 4.98 Å². The molecule has 1 rings (SSSR count). The van der Waals surface area contributed by atoms with Crippen LogP contribution in [0.2, 0.25) is 0 Å². The van der Waals surface area contributed by atoms with Gasteiger partial charge in [-0.05, 0) is 18.9 Å². The van der Waals surface area contributed by atoms with E-state index < -0.39 is 10.9 Å². The smallest absolute Gasteiger partial charge is 0.354 e. The van der Waals surface area contributed by atoms with Crippen molar-refractivity contribution in [1.29, 1.82) is 0 Å². The maximum absolute atomic E-state index is 10.8. The summed E-state index contributed by atoms with van der Waals surface area (Å²) >= 11 is 0. The van der Waals surface area contributed by atoms with E-state index >= 15 is 0 Å². The Balaban J connectivity index is 3.15. The zero-order chi connectivity index (χ0) is 13.9. The van der Waals surface area contributed by atoms with Crippen molar-refractivity contribution < 1.29 is 19.6 Å². The largest absolute Gasteiger partial charge is 0.477 e. The molecular formula is C11H14N2O5. The Morgan fingerprint density at radius 2 is 2.06 bits per heavy atom. The van der Waals surface area contributed by atoms with Crippen molar-refractivity contribution in [2.24, 2.45) is 5.92 Å². The highest BCUT2D eigenvalue weighted by Crippen LogP contribution is 2.26. The summed E-state index contributed by atoms with van der Waals surface area (Å²) in [5.74, 6) is -1.40. The molecular weight excluding hydrogens is 240 g/mol. The standard InChI is InChI=1S/C11H14N2O5/c1-6(2)7(3)18-10-9(13(16)17)5-4-8(12-10)11(14)15/h4-7H,1-3H3,(H,14,15). The van der Waals surface area contributed by atoms with Crippen LogP contribution in [0, 0.1) is 16.0 Å². The van der Waals surface area contributed by atoms with Gasteiger partial charge in [-0.1, -0.05) is 13.8 Å². The molecule has 0 saturated carbocycles. The summed E-state index contributed by atoms with van der Waals surface area (Å²) in [6.45, 7) is 5.51. The molecule has 0 radical (unpaired) electrons. The first-order valence-corrected chi connectivity index (χ1v) is 5.38. The van der Waals surface area contributed by atoms with Gasteiger partial charge in [-0.25, -0.2) is 9.78 Å². The van der Waals surface area contributed by atoms with E-state index in [9.17, 15) is 14.9 Å². The summed E-state index contributed by atoms with van der Waals surface area (Å²) in [4.78, 5) is 24.6. The van der Waals surface area contributed by atoms with Crippen LogP contribution >= 0.6 is 0 Å². The Hall–Kier alpha value is -2.18. The Kier molecular flexibility index (Phi) is 4.19. The number of aromatic carboxylic acids is 1. The van der Waals surface area contributed by atoms with Gasteiger partial charge < -0.3 is 9.84 Å². The number of carboxylic acid groups (broad SMARTS) is 1. The predicted molar refractivity (Wildman–Crippen MR) is 62.8 cm³/mol. The van der Waals surface area contributed by atoms with E-state index in [4.69, 9.17) is 9.84 Å². The van der Waals surface area contributed by atoms with Crippen molar-refractivity contribution in [2.45, 2.75) is 26.9 Å². The van der Waals surface area contributed by atoms with E-state index in [-0.39, 0.29) is 29.3 Å². The van der Waals surface area contributed by atoms with Crippen molar-refractivity contribution in [2.75, 3.05) is 0 Å². The number of nitrogens with zero attached hydrogens (tertiary/aromatic N) is 2. The molecule has 1 heterocycles. The molecule has 0 aliphatic carbocycles. The molecule has 1 N–H and O–H groups in total. The Labute approximate surface area is 104 Å². The molecule has 0 aliphatic heterocycles. The fourth-order valence-corrected chi connectivity index (χ4v) is 1.09. The van der Waals surface area contributed by atoms with E-state index in [1.165, 1.54) is 0 Å². The SMILES string of the molecule is CC(C)C(C)Oc1nc(C(=O)O)ccc1[N+](=O)[O-]. The zero-order valence-electron chi connectivity index (χ0n) is 10.3. The lowest BCUT2D eigenvalue weighted by Crippen LogP contribution is -2.20. The molecule has 18 heavy (non-hydrogen) atoms. The molecule has 0 aliphatic rings. The number of hydrogen-bond donors (Lipinski definition) is 1. The lowest BCUT2D eigenvalue weighted by atomic mass is 10.1. The van der Waals surface area contributed by atoms with Gasteiger partial charge in [-0.2, -0.15) is 0 Å². The van der Waals surface area contributed by atoms with Crippen molar-refractivity contribution in [1.82, 2.24) is 4.98 Å². The summed E-state index contributed by atoms with van der Waals surface area (Å²) in [6.07, 6.45) is -0.305. The topological polar surface area (TPSA) is 103 Å². The number of hydrogen-bond acceptors (Lipinski definition) is 5. The predicted octanol–water partition coefficient (Wildman–Crippen LogP) is 2.11. The number of ether oxygens (including phenoxy) is 1. The average Bonchev–Trinajstić information content (AvgIpc) is 2.28. The monoisotopic (exact) mass is 254 g/mol. The Morgan fingerprint density at radius 1 is 1.44 bits per heavy atom. The fourth-order valence-electron chi connectivity index (χ4n) is 1.09. The Morgan fingerprint density at radius 3 is 2.50 bits per heavy atom. The van der Waals surface area contributed by atoms with Gasteiger partial charge in [0.1, 0.15) is 6.10 Å². The highest BCUT2D eigenvalue weighted by molar-refractivity contribution is 5.85.